The van der Waals surface area contributed by atoms with Crippen molar-refractivity contribution < 1.29 is 0 Å². The van der Waals surface area contributed by atoms with Crippen LogP contribution in [0.3, 0.4) is 0 Å². The summed E-state index contributed by atoms with van der Waals surface area (Å²) >= 11 is 4.24. The third-order valence-corrected chi connectivity index (χ3v) is 2.84. The van der Waals surface area contributed by atoms with Gasteiger partial charge in [0.15, 0.2) is 0 Å². The summed E-state index contributed by atoms with van der Waals surface area (Å²) in [4.78, 5) is 1.37. The fourth-order valence-corrected chi connectivity index (χ4v) is 2.42. The molecule has 54 valence electrons. The highest BCUT2D eigenvalue weighted by atomic mass is 127. The molecule has 0 bridgehead atoms. The Hall–Kier alpha value is 0.300. The summed E-state index contributed by atoms with van der Waals surface area (Å²) in [6, 6.07) is 8.58. The molecule has 1 aromatic carbocycles. The lowest BCUT2D eigenvalue weighted by atomic mass is 10.2. The molecule has 1 aromatic rings. The molecular weight excluding hydrogens is 255 g/mol. The van der Waals surface area contributed by atoms with E-state index in [9.17, 15) is 0 Å². The van der Waals surface area contributed by atoms with Gasteiger partial charge in [0.2, 0.25) is 0 Å². The van der Waals surface area contributed by atoms with Gasteiger partial charge in [-0.2, -0.15) is 0 Å². The normalized spacial score (nSPS) is 9.80. The summed E-state index contributed by atoms with van der Waals surface area (Å²) in [6.45, 7) is 2.12. The van der Waals surface area contributed by atoms with Crippen LogP contribution in [-0.2, 0) is 0 Å². The molecule has 2 heteroatoms. The van der Waals surface area contributed by atoms with E-state index in [1.807, 2.05) is 11.8 Å². The Labute approximate surface area is 79.5 Å². The number of thioether (sulfide) groups is 1. The summed E-state index contributed by atoms with van der Waals surface area (Å²) < 4.78 is 1.13. The maximum absolute atomic E-state index is 2.37. The van der Waals surface area contributed by atoms with E-state index in [0.717, 1.165) is 3.76 Å². The van der Waals surface area contributed by atoms with E-state index in [0.29, 0.717) is 0 Å². The van der Waals surface area contributed by atoms with Crippen LogP contribution in [0.5, 0.6) is 0 Å². The summed E-state index contributed by atoms with van der Waals surface area (Å²) in [5, 5.41) is 0. The Balaban J connectivity index is 2.75. The van der Waals surface area contributed by atoms with Crippen molar-refractivity contribution in [3.63, 3.8) is 0 Å². The molecule has 10 heavy (non-hydrogen) atoms. The van der Waals surface area contributed by atoms with Crippen molar-refractivity contribution in [3.8, 4) is 0 Å². The van der Waals surface area contributed by atoms with Crippen LogP contribution in [0, 0.1) is 6.92 Å². The number of hydrogen-bond acceptors (Lipinski definition) is 1. The number of alkyl halides is 1. The predicted octanol–water partition coefficient (Wildman–Crippen LogP) is 3.48. The van der Waals surface area contributed by atoms with E-state index in [1.165, 1.54) is 10.5 Å². The monoisotopic (exact) mass is 264 g/mol. The van der Waals surface area contributed by atoms with Crippen LogP contribution in [0.1, 0.15) is 5.56 Å². The summed E-state index contributed by atoms with van der Waals surface area (Å²) in [6.07, 6.45) is 0. The second kappa shape index (κ2) is 4.23. The highest BCUT2D eigenvalue weighted by molar-refractivity contribution is 14.1. The molecule has 0 radical (unpaired) electrons. The lowest BCUT2D eigenvalue weighted by Crippen LogP contribution is -1.72. The molecule has 0 atom stereocenters. The molecule has 0 aliphatic rings. The Morgan fingerprint density at radius 3 is 2.90 bits per heavy atom. The van der Waals surface area contributed by atoms with Crippen LogP contribution >= 0.6 is 34.4 Å². The van der Waals surface area contributed by atoms with Gasteiger partial charge in [0.25, 0.3) is 0 Å². The summed E-state index contributed by atoms with van der Waals surface area (Å²) in [5.41, 5.74) is 1.34. The lowest BCUT2D eigenvalue weighted by Gasteiger charge is -1.97. The summed E-state index contributed by atoms with van der Waals surface area (Å²) in [7, 11) is 0. The van der Waals surface area contributed by atoms with E-state index >= 15 is 0 Å². The molecule has 0 unspecified atom stereocenters. The Kier molecular flexibility index (Phi) is 3.56. The van der Waals surface area contributed by atoms with Crippen molar-refractivity contribution in [3.05, 3.63) is 29.8 Å². The smallest absolute Gasteiger partial charge is 0.0501 e. The maximum Gasteiger partial charge on any atom is 0.0501 e. The molecule has 0 aromatic heterocycles. The first kappa shape index (κ1) is 8.40. The number of aryl methyl sites for hydroxylation is 1. The van der Waals surface area contributed by atoms with E-state index in [-0.39, 0.29) is 0 Å². The Morgan fingerprint density at radius 2 is 2.30 bits per heavy atom. The molecule has 0 aliphatic heterocycles. The highest BCUT2D eigenvalue weighted by Gasteiger charge is 1.89. The Bertz CT molecular complexity index is 210. The van der Waals surface area contributed by atoms with Crippen molar-refractivity contribution in [1.29, 1.82) is 0 Å². The van der Waals surface area contributed by atoms with E-state index in [1.54, 1.807) is 0 Å². The molecule has 0 heterocycles. The minimum Gasteiger partial charge on any atom is -0.115 e. The second-order valence-corrected chi connectivity index (χ2v) is 4.92. The van der Waals surface area contributed by atoms with Crippen molar-refractivity contribution in [2.75, 3.05) is 3.76 Å². The third-order valence-electron chi connectivity index (χ3n) is 1.21. The van der Waals surface area contributed by atoms with Gasteiger partial charge in [-0.15, -0.1) is 11.8 Å². The fourth-order valence-electron chi connectivity index (χ4n) is 0.768. The van der Waals surface area contributed by atoms with Crippen molar-refractivity contribution in [1.82, 2.24) is 0 Å². The van der Waals surface area contributed by atoms with Gasteiger partial charge < -0.3 is 0 Å². The first-order chi connectivity index (χ1) is 4.83. The van der Waals surface area contributed by atoms with Crippen LogP contribution in [0.4, 0.5) is 0 Å². The van der Waals surface area contributed by atoms with Gasteiger partial charge in [0, 0.05) is 4.90 Å². The van der Waals surface area contributed by atoms with Crippen LogP contribution in [0.15, 0.2) is 29.2 Å². The first-order valence-corrected chi connectivity index (χ1v) is 5.59. The van der Waals surface area contributed by atoms with E-state index in [2.05, 4.69) is 53.8 Å². The van der Waals surface area contributed by atoms with Crippen LogP contribution in [0.2, 0.25) is 0 Å². The van der Waals surface area contributed by atoms with Crippen molar-refractivity contribution in [2.45, 2.75) is 11.8 Å². The minimum absolute atomic E-state index is 1.13. The Morgan fingerprint density at radius 1 is 1.50 bits per heavy atom. The molecule has 0 saturated heterocycles. The molecule has 1 rings (SSSR count). The standard InChI is InChI=1S/C8H9IS/c1-7-3-2-4-8(5-7)10-6-9/h2-5H,6H2,1H3. The molecule has 0 N–H and O–H groups in total. The molecule has 0 amide bonds. The molecule has 0 fully saturated rings. The van der Waals surface area contributed by atoms with Gasteiger partial charge in [-0.1, -0.05) is 40.3 Å². The van der Waals surface area contributed by atoms with Gasteiger partial charge in [-0.25, -0.2) is 0 Å². The number of hydrogen-bond donors (Lipinski definition) is 0. The van der Waals surface area contributed by atoms with Gasteiger partial charge >= 0.3 is 0 Å². The van der Waals surface area contributed by atoms with E-state index < -0.39 is 0 Å². The first-order valence-electron chi connectivity index (χ1n) is 3.08. The third kappa shape index (κ3) is 2.50. The number of rotatable bonds is 2. The molecular formula is C8H9IS. The zero-order chi connectivity index (χ0) is 7.40. The van der Waals surface area contributed by atoms with Gasteiger partial charge in [-0.05, 0) is 19.1 Å². The van der Waals surface area contributed by atoms with Gasteiger partial charge in [0.05, 0.1) is 3.76 Å². The second-order valence-electron chi connectivity index (χ2n) is 2.07. The van der Waals surface area contributed by atoms with Crippen LogP contribution < -0.4 is 0 Å². The molecule has 0 aliphatic carbocycles. The fraction of sp³-hybridized carbons (Fsp3) is 0.250. The number of halogens is 1. The topological polar surface area (TPSA) is 0 Å². The quantitative estimate of drug-likeness (QED) is 0.447. The van der Waals surface area contributed by atoms with Gasteiger partial charge in [-0.3, -0.25) is 0 Å². The summed E-state index contributed by atoms with van der Waals surface area (Å²) in [5.74, 6) is 0. The zero-order valence-electron chi connectivity index (χ0n) is 5.80. The molecule has 0 nitrogen and oxygen atoms in total. The molecule has 0 spiro atoms. The van der Waals surface area contributed by atoms with Crippen molar-refractivity contribution >= 4 is 34.4 Å². The van der Waals surface area contributed by atoms with Gasteiger partial charge in [0.1, 0.15) is 0 Å². The van der Waals surface area contributed by atoms with Crippen molar-refractivity contribution in [2.24, 2.45) is 0 Å². The lowest BCUT2D eigenvalue weighted by molar-refractivity contribution is 1.36. The van der Waals surface area contributed by atoms with Crippen LogP contribution in [-0.4, -0.2) is 3.76 Å². The average molecular weight is 264 g/mol. The highest BCUT2D eigenvalue weighted by Crippen LogP contribution is 2.20. The van der Waals surface area contributed by atoms with E-state index in [4.69, 9.17) is 0 Å². The largest absolute Gasteiger partial charge is 0.115 e. The maximum atomic E-state index is 2.37. The average Bonchev–Trinajstić information content (AvgIpc) is 1.88. The zero-order valence-corrected chi connectivity index (χ0v) is 8.78. The molecule has 0 saturated carbocycles. The minimum atomic E-state index is 1.13. The van der Waals surface area contributed by atoms with Crippen LogP contribution in [0.25, 0.3) is 0 Å². The number of benzene rings is 1. The SMILES string of the molecule is Cc1cccc(SCI)c1. The predicted molar refractivity (Wildman–Crippen MR) is 55.9 cm³/mol.